The Balaban J connectivity index is 1.86. The van der Waals surface area contributed by atoms with Gasteiger partial charge in [-0.2, -0.15) is 4.31 Å². The van der Waals surface area contributed by atoms with Crippen molar-refractivity contribution in [3.05, 3.63) is 59.2 Å². The topological polar surface area (TPSA) is 75.7 Å². The molecule has 1 aliphatic rings. The molecule has 2 aromatic rings. The van der Waals surface area contributed by atoms with Gasteiger partial charge in [0.25, 0.3) is 5.91 Å². The molecule has 2 unspecified atom stereocenters. The number of rotatable bonds is 6. The van der Waals surface area contributed by atoms with Gasteiger partial charge in [0.2, 0.25) is 10.0 Å². The van der Waals surface area contributed by atoms with E-state index in [-0.39, 0.29) is 28.4 Å². The lowest BCUT2D eigenvalue weighted by molar-refractivity contribution is 0.0950. The van der Waals surface area contributed by atoms with Gasteiger partial charge in [0.15, 0.2) is 0 Å². The number of amides is 1. The summed E-state index contributed by atoms with van der Waals surface area (Å²) in [4.78, 5) is 12.8. The van der Waals surface area contributed by atoms with Gasteiger partial charge in [0.05, 0.1) is 7.11 Å². The third-order valence-corrected chi connectivity index (χ3v) is 7.43. The molecule has 1 aliphatic heterocycles. The van der Waals surface area contributed by atoms with E-state index in [1.54, 1.807) is 12.1 Å². The minimum Gasteiger partial charge on any atom is -0.495 e. The summed E-state index contributed by atoms with van der Waals surface area (Å²) in [6.07, 6.45) is 1.00. The Hall–Kier alpha value is -2.38. The molecule has 0 spiro atoms. The number of nitrogens with zero attached hydrogens (tertiary/aromatic N) is 1. The Bertz CT molecular complexity index is 1010. The van der Waals surface area contributed by atoms with Crippen molar-refractivity contribution in [2.24, 2.45) is 11.8 Å². The lowest BCUT2D eigenvalue weighted by Crippen LogP contribution is -2.42. The van der Waals surface area contributed by atoms with E-state index in [4.69, 9.17) is 4.74 Å². The molecule has 1 amide bonds. The van der Waals surface area contributed by atoms with Crippen molar-refractivity contribution in [2.75, 3.05) is 20.2 Å². The van der Waals surface area contributed by atoms with Crippen LogP contribution in [-0.4, -0.2) is 38.8 Å². The maximum Gasteiger partial charge on any atom is 0.251 e. The molecule has 0 bridgehead atoms. The monoisotopic (exact) mass is 430 g/mol. The fraction of sp³-hybridized carbons (Fsp3) is 0.435. The average Bonchev–Trinajstić information content (AvgIpc) is 2.71. The number of ether oxygens (including phenoxy) is 1. The molecule has 6 nitrogen and oxygen atoms in total. The zero-order chi connectivity index (χ0) is 21.9. The predicted molar refractivity (Wildman–Crippen MR) is 117 cm³/mol. The fourth-order valence-corrected chi connectivity index (χ4v) is 5.91. The number of benzene rings is 2. The highest BCUT2D eigenvalue weighted by atomic mass is 32.2. The lowest BCUT2D eigenvalue weighted by Gasteiger charge is -2.34. The number of carbonyl (C=O) groups excluding carboxylic acids is 1. The van der Waals surface area contributed by atoms with Gasteiger partial charge in [-0.05, 0) is 54.5 Å². The third-order valence-electron chi connectivity index (χ3n) is 5.58. The first-order chi connectivity index (χ1) is 14.2. The van der Waals surface area contributed by atoms with E-state index in [1.165, 1.54) is 17.5 Å². The van der Waals surface area contributed by atoms with Gasteiger partial charge in [0, 0.05) is 25.2 Å². The molecule has 2 aromatic carbocycles. The molecule has 2 atom stereocenters. The van der Waals surface area contributed by atoms with E-state index in [0.29, 0.717) is 25.2 Å². The van der Waals surface area contributed by atoms with Gasteiger partial charge >= 0.3 is 0 Å². The molecule has 0 aliphatic carbocycles. The maximum absolute atomic E-state index is 13.4. The van der Waals surface area contributed by atoms with E-state index in [1.807, 2.05) is 31.2 Å². The van der Waals surface area contributed by atoms with E-state index in [0.717, 1.165) is 17.5 Å². The van der Waals surface area contributed by atoms with Crippen LogP contribution >= 0.6 is 0 Å². The van der Waals surface area contributed by atoms with Crippen LogP contribution in [-0.2, 0) is 16.6 Å². The van der Waals surface area contributed by atoms with Crippen LogP contribution in [0, 0.1) is 18.8 Å². The number of piperidine rings is 1. The second kappa shape index (κ2) is 9.18. The van der Waals surface area contributed by atoms with Crippen molar-refractivity contribution in [1.82, 2.24) is 9.62 Å². The van der Waals surface area contributed by atoms with E-state index in [2.05, 4.69) is 19.2 Å². The van der Waals surface area contributed by atoms with Crippen LogP contribution in [0.1, 0.15) is 41.8 Å². The molecule has 30 heavy (non-hydrogen) atoms. The Morgan fingerprint density at radius 2 is 1.80 bits per heavy atom. The standard InChI is InChI=1S/C23H30N2O4S/c1-16-11-17(2)15-25(14-16)30(27,28)22-12-19(9-10-21(22)29-4)23(26)24-13-20-8-6-5-7-18(20)3/h5-10,12,16-17H,11,13-15H2,1-4H3,(H,24,26). The maximum atomic E-state index is 13.4. The minimum atomic E-state index is -3.77. The zero-order valence-electron chi connectivity index (χ0n) is 18.0. The first kappa shape index (κ1) is 22.3. The van der Waals surface area contributed by atoms with Crippen molar-refractivity contribution in [3.8, 4) is 5.75 Å². The first-order valence-electron chi connectivity index (χ1n) is 10.2. The number of nitrogens with one attached hydrogen (secondary N) is 1. The van der Waals surface area contributed by atoms with Crippen molar-refractivity contribution in [2.45, 2.75) is 38.6 Å². The number of methoxy groups -OCH3 is 1. The Morgan fingerprint density at radius 3 is 2.43 bits per heavy atom. The Morgan fingerprint density at radius 1 is 1.13 bits per heavy atom. The van der Waals surface area contributed by atoms with Crippen LogP contribution in [0.15, 0.2) is 47.4 Å². The molecule has 1 saturated heterocycles. The zero-order valence-corrected chi connectivity index (χ0v) is 18.8. The molecular weight excluding hydrogens is 400 g/mol. The van der Waals surface area contributed by atoms with Gasteiger partial charge < -0.3 is 10.1 Å². The van der Waals surface area contributed by atoms with Gasteiger partial charge in [-0.15, -0.1) is 0 Å². The van der Waals surface area contributed by atoms with E-state index < -0.39 is 10.0 Å². The highest BCUT2D eigenvalue weighted by molar-refractivity contribution is 7.89. The highest BCUT2D eigenvalue weighted by Gasteiger charge is 2.34. The van der Waals surface area contributed by atoms with Crippen LogP contribution < -0.4 is 10.1 Å². The van der Waals surface area contributed by atoms with Gasteiger partial charge in [0.1, 0.15) is 10.6 Å². The van der Waals surface area contributed by atoms with Gasteiger partial charge in [-0.25, -0.2) is 8.42 Å². The summed E-state index contributed by atoms with van der Waals surface area (Å²) in [6.45, 7) is 7.43. The lowest BCUT2D eigenvalue weighted by atomic mass is 9.94. The number of carbonyl (C=O) groups is 1. The second-order valence-corrected chi connectivity index (χ2v) is 10.1. The Kier molecular flexibility index (Phi) is 6.83. The number of sulfonamides is 1. The van der Waals surface area contributed by atoms with Crippen molar-refractivity contribution in [1.29, 1.82) is 0 Å². The molecule has 0 aromatic heterocycles. The largest absolute Gasteiger partial charge is 0.495 e. The van der Waals surface area contributed by atoms with Crippen LogP contribution in [0.4, 0.5) is 0 Å². The molecule has 0 saturated carbocycles. The first-order valence-corrected chi connectivity index (χ1v) is 11.7. The number of aryl methyl sites for hydroxylation is 1. The molecule has 3 rings (SSSR count). The van der Waals surface area contributed by atoms with Crippen molar-refractivity contribution < 1.29 is 17.9 Å². The highest BCUT2D eigenvalue weighted by Crippen LogP contribution is 2.32. The van der Waals surface area contributed by atoms with Crippen molar-refractivity contribution in [3.63, 3.8) is 0 Å². The quantitative estimate of drug-likeness (QED) is 0.760. The van der Waals surface area contributed by atoms with E-state index >= 15 is 0 Å². The molecule has 0 radical (unpaired) electrons. The van der Waals surface area contributed by atoms with Gasteiger partial charge in [-0.3, -0.25) is 4.79 Å². The number of hydrogen-bond donors (Lipinski definition) is 1. The molecule has 1 heterocycles. The average molecular weight is 431 g/mol. The number of hydrogen-bond acceptors (Lipinski definition) is 4. The molecular formula is C23H30N2O4S. The molecule has 162 valence electrons. The molecule has 7 heteroatoms. The third kappa shape index (κ3) is 4.84. The predicted octanol–water partition coefficient (Wildman–Crippen LogP) is 3.60. The molecule has 1 N–H and O–H groups in total. The van der Waals surface area contributed by atoms with Crippen LogP contribution in [0.5, 0.6) is 5.75 Å². The smallest absolute Gasteiger partial charge is 0.251 e. The summed E-state index contributed by atoms with van der Waals surface area (Å²) < 4.78 is 33.6. The molecule has 1 fully saturated rings. The normalized spacial score (nSPS) is 20.0. The fourth-order valence-electron chi connectivity index (χ4n) is 4.05. The summed E-state index contributed by atoms with van der Waals surface area (Å²) in [6, 6.07) is 12.4. The summed E-state index contributed by atoms with van der Waals surface area (Å²) >= 11 is 0. The van der Waals surface area contributed by atoms with Gasteiger partial charge in [-0.1, -0.05) is 38.1 Å². The van der Waals surface area contributed by atoms with Crippen LogP contribution in [0.2, 0.25) is 0 Å². The summed E-state index contributed by atoms with van der Waals surface area (Å²) in [5.41, 5.74) is 2.40. The Labute approximate surface area is 179 Å². The summed E-state index contributed by atoms with van der Waals surface area (Å²) in [5, 5.41) is 2.88. The minimum absolute atomic E-state index is 0.0369. The second-order valence-electron chi connectivity index (χ2n) is 8.24. The van der Waals surface area contributed by atoms with Crippen LogP contribution in [0.25, 0.3) is 0 Å². The summed E-state index contributed by atoms with van der Waals surface area (Å²) in [5.74, 6) is 0.499. The SMILES string of the molecule is COc1ccc(C(=O)NCc2ccccc2C)cc1S(=O)(=O)N1CC(C)CC(C)C1. The summed E-state index contributed by atoms with van der Waals surface area (Å²) in [7, 11) is -2.33. The van der Waals surface area contributed by atoms with Crippen molar-refractivity contribution >= 4 is 15.9 Å². The van der Waals surface area contributed by atoms with E-state index in [9.17, 15) is 13.2 Å². The van der Waals surface area contributed by atoms with Crippen LogP contribution in [0.3, 0.4) is 0 Å².